The Labute approximate surface area is 155 Å². The molecule has 27 heavy (non-hydrogen) atoms. The summed E-state index contributed by atoms with van der Waals surface area (Å²) in [6, 6.07) is 9.98. The Morgan fingerprint density at radius 2 is 2.19 bits per heavy atom. The fourth-order valence-electron chi connectivity index (χ4n) is 2.49. The molecule has 8 heteroatoms. The fraction of sp³-hybridized carbons (Fsp3) is 0.158. The minimum absolute atomic E-state index is 0.129. The summed E-state index contributed by atoms with van der Waals surface area (Å²) in [5.41, 5.74) is 1.84. The van der Waals surface area contributed by atoms with Gasteiger partial charge < -0.3 is 10.1 Å². The molecule has 2 N–H and O–H groups in total. The molecule has 3 aromatic rings. The lowest BCUT2D eigenvalue weighted by atomic mass is 10.1. The third-order valence-electron chi connectivity index (χ3n) is 3.78. The number of rotatable bonds is 7. The van der Waals surface area contributed by atoms with E-state index in [2.05, 4.69) is 15.5 Å². The van der Waals surface area contributed by atoms with Crippen molar-refractivity contribution >= 4 is 34.3 Å². The molecule has 0 aliphatic carbocycles. The summed E-state index contributed by atoms with van der Waals surface area (Å²) in [5, 5.41) is 21.7. The summed E-state index contributed by atoms with van der Waals surface area (Å²) >= 11 is 0. The first-order valence-corrected chi connectivity index (χ1v) is 8.40. The number of nitro benzene ring substituents is 1. The van der Waals surface area contributed by atoms with E-state index in [1.807, 2.05) is 13.0 Å². The van der Waals surface area contributed by atoms with Crippen molar-refractivity contribution in [2.45, 2.75) is 13.3 Å². The Morgan fingerprint density at radius 3 is 2.96 bits per heavy atom. The number of hydrogen-bond donors (Lipinski definition) is 2. The molecule has 0 saturated heterocycles. The van der Waals surface area contributed by atoms with Crippen LogP contribution in [0.15, 0.2) is 48.7 Å². The van der Waals surface area contributed by atoms with Gasteiger partial charge in [-0.2, -0.15) is 5.10 Å². The van der Waals surface area contributed by atoms with Gasteiger partial charge in [0, 0.05) is 23.2 Å². The first-order chi connectivity index (χ1) is 13.1. The second-order valence-electron chi connectivity index (χ2n) is 5.83. The second-order valence-corrected chi connectivity index (χ2v) is 5.83. The molecule has 8 nitrogen and oxygen atoms in total. The molecule has 0 unspecified atom stereocenters. The zero-order valence-corrected chi connectivity index (χ0v) is 14.6. The van der Waals surface area contributed by atoms with E-state index in [1.54, 1.807) is 24.4 Å². The van der Waals surface area contributed by atoms with Crippen LogP contribution in [-0.2, 0) is 4.79 Å². The molecule has 0 aliphatic rings. The van der Waals surface area contributed by atoms with E-state index in [4.69, 9.17) is 4.74 Å². The lowest BCUT2D eigenvalue weighted by Crippen LogP contribution is -2.07. The average molecular weight is 366 g/mol. The van der Waals surface area contributed by atoms with E-state index < -0.39 is 4.92 Å². The normalized spacial score (nSPS) is 11.0. The van der Waals surface area contributed by atoms with Gasteiger partial charge >= 0.3 is 5.69 Å². The molecule has 1 amide bonds. The van der Waals surface area contributed by atoms with Crippen molar-refractivity contribution in [2.24, 2.45) is 0 Å². The van der Waals surface area contributed by atoms with Gasteiger partial charge in [-0.15, -0.1) is 0 Å². The van der Waals surface area contributed by atoms with Gasteiger partial charge in [0.05, 0.1) is 23.2 Å². The predicted molar refractivity (Wildman–Crippen MR) is 103 cm³/mol. The van der Waals surface area contributed by atoms with Gasteiger partial charge in [0.1, 0.15) is 0 Å². The van der Waals surface area contributed by atoms with Crippen molar-refractivity contribution in [1.29, 1.82) is 0 Å². The van der Waals surface area contributed by atoms with Crippen LogP contribution in [0.3, 0.4) is 0 Å². The number of anilines is 1. The number of hydrogen-bond acceptors (Lipinski definition) is 5. The van der Waals surface area contributed by atoms with Crippen LogP contribution in [0.1, 0.15) is 18.9 Å². The number of H-pyrrole nitrogens is 1. The van der Waals surface area contributed by atoms with Gasteiger partial charge in [0.15, 0.2) is 5.75 Å². The molecule has 0 aliphatic heterocycles. The van der Waals surface area contributed by atoms with Crippen LogP contribution < -0.4 is 10.1 Å². The number of nitro groups is 1. The van der Waals surface area contributed by atoms with E-state index in [0.29, 0.717) is 17.9 Å². The Bertz CT molecular complexity index is 1010. The number of carbonyl (C=O) groups is 1. The monoisotopic (exact) mass is 366 g/mol. The highest BCUT2D eigenvalue weighted by Crippen LogP contribution is 2.28. The molecule has 0 spiro atoms. The Kier molecular flexibility index (Phi) is 5.46. The molecular formula is C19H18N4O4. The summed E-state index contributed by atoms with van der Waals surface area (Å²) in [6.07, 6.45) is 5.29. The smallest absolute Gasteiger partial charge is 0.311 e. The lowest BCUT2D eigenvalue weighted by molar-refractivity contribution is -0.385. The number of carbonyl (C=O) groups excluding carboxylic acids is 1. The number of nitrogens with zero attached hydrogens (tertiary/aromatic N) is 2. The summed E-state index contributed by atoms with van der Waals surface area (Å²) in [4.78, 5) is 22.8. The van der Waals surface area contributed by atoms with Crippen molar-refractivity contribution in [1.82, 2.24) is 10.2 Å². The number of ether oxygens (including phenoxy) is 1. The zero-order valence-electron chi connectivity index (χ0n) is 14.6. The van der Waals surface area contributed by atoms with Crippen LogP contribution in [0, 0.1) is 10.1 Å². The standard InChI is InChI=1S/C19H18N4O4/c1-2-9-27-18-7-3-13(10-17(18)23(25)26)4-8-19(24)21-15-6-5-14-12-20-22-16(14)11-15/h3-8,10-12H,2,9H2,1H3,(H,20,22)(H,21,24)/b8-4+. The molecule has 3 rings (SSSR count). The summed E-state index contributed by atoms with van der Waals surface area (Å²) in [5.74, 6) is -0.126. The highest BCUT2D eigenvalue weighted by Gasteiger charge is 2.15. The van der Waals surface area contributed by atoms with Gasteiger partial charge in [-0.05, 0) is 42.3 Å². The summed E-state index contributed by atoms with van der Waals surface area (Å²) in [6.45, 7) is 2.32. The molecule has 138 valence electrons. The maximum absolute atomic E-state index is 12.1. The Balaban J connectivity index is 1.71. The van der Waals surface area contributed by atoms with Crippen LogP contribution >= 0.6 is 0 Å². The molecule has 0 fully saturated rings. The number of aromatic nitrogens is 2. The Hall–Kier alpha value is -3.68. The van der Waals surface area contributed by atoms with Gasteiger partial charge in [-0.25, -0.2) is 0 Å². The SMILES string of the molecule is CCCOc1ccc(/C=C/C(=O)Nc2ccc3cn[nH]c3c2)cc1[N+](=O)[O-]. The maximum atomic E-state index is 12.1. The molecule has 2 aromatic carbocycles. The Morgan fingerprint density at radius 1 is 1.33 bits per heavy atom. The van der Waals surface area contributed by atoms with Crippen LogP contribution in [0.25, 0.3) is 17.0 Å². The minimum atomic E-state index is -0.498. The molecule has 0 saturated carbocycles. The molecular weight excluding hydrogens is 348 g/mol. The molecule has 1 aromatic heterocycles. The largest absolute Gasteiger partial charge is 0.487 e. The van der Waals surface area contributed by atoms with Crippen LogP contribution in [0.4, 0.5) is 11.4 Å². The predicted octanol–water partition coefficient (Wildman–Crippen LogP) is 3.91. The van der Waals surface area contributed by atoms with Gasteiger partial charge in [-0.1, -0.05) is 13.0 Å². The van der Waals surface area contributed by atoms with Crippen LogP contribution in [0.2, 0.25) is 0 Å². The topological polar surface area (TPSA) is 110 Å². The third-order valence-corrected chi connectivity index (χ3v) is 3.78. The number of benzene rings is 2. The molecule has 0 bridgehead atoms. The number of aromatic amines is 1. The van der Waals surface area contributed by atoms with Gasteiger partial charge in [0.2, 0.25) is 5.91 Å². The summed E-state index contributed by atoms with van der Waals surface area (Å²) < 4.78 is 5.38. The van der Waals surface area contributed by atoms with E-state index in [9.17, 15) is 14.9 Å². The zero-order chi connectivity index (χ0) is 19.2. The molecule has 0 radical (unpaired) electrons. The lowest BCUT2D eigenvalue weighted by Gasteiger charge is -2.06. The van der Waals surface area contributed by atoms with Crippen molar-refractivity contribution < 1.29 is 14.5 Å². The van der Waals surface area contributed by atoms with E-state index >= 15 is 0 Å². The molecule has 1 heterocycles. The van der Waals surface area contributed by atoms with Gasteiger partial charge in [-0.3, -0.25) is 20.0 Å². The average Bonchev–Trinajstić information content (AvgIpc) is 3.12. The fourth-order valence-corrected chi connectivity index (χ4v) is 2.49. The second kappa shape index (κ2) is 8.13. The van der Waals surface area contributed by atoms with Crippen LogP contribution in [0.5, 0.6) is 5.75 Å². The van der Waals surface area contributed by atoms with Crippen molar-refractivity contribution in [3.8, 4) is 5.75 Å². The highest BCUT2D eigenvalue weighted by molar-refractivity contribution is 6.02. The van der Waals surface area contributed by atoms with Crippen molar-refractivity contribution in [3.05, 3.63) is 64.3 Å². The third kappa shape index (κ3) is 4.49. The minimum Gasteiger partial charge on any atom is -0.487 e. The maximum Gasteiger partial charge on any atom is 0.311 e. The highest BCUT2D eigenvalue weighted by atomic mass is 16.6. The van der Waals surface area contributed by atoms with Crippen molar-refractivity contribution in [3.63, 3.8) is 0 Å². The quantitative estimate of drug-likeness (QED) is 0.374. The summed E-state index contributed by atoms with van der Waals surface area (Å²) in [7, 11) is 0. The van der Waals surface area contributed by atoms with E-state index in [1.165, 1.54) is 24.3 Å². The van der Waals surface area contributed by atoms with E-state index in [0.717, 1.165) is 17.3 Å². The number of fused-ring (bicyclic) bond motifs is 1. The van der Waals surface area contributed by atoms with Crippen LogP contribution in [-0.4, -0.2) is 27.6 Å². The number of nitrogens with one attached hydrogen (secondary N) is 2. The molecule has 0 atom stereocenters. The van der Waals surface area contributed by atoms with Gasteiger partial charge in [0.25, 0.3) is 0 Å². The number of amides is 1. The van der Waals surface area contributed by atoms with Crippen molar-refractivity contribution in [2.75, 3.05) is 11.9 Å². The first kappa shape index (κ1) is 18.1. The first-order valence-electron chi connectivity index (χ1n) is 8.40. The van der Waals surface area contributed by atoms with E-state index in [-0.39, 0.29) is 17.3 Å².